The molecule has 2 atom stereocenters. The molecule has 0 amide bonds. The molecule has 0 saturated heterocycles. The molecule has 0 bridgehead atoms. The smallest absolute Gasteiger partial charge is 0.131 e. The van der Waals surface area contributed by atoms with Crippen molar-refractivity contribution in [2.75, 3.05) is 0 Å². The molecule has 0 aromatic heterocycles. The van der Waals surface area contributed by atoms with Crippen molar-refractivity contribution in [1.29, 1.82) is 0 Å². The third-order valence-corrected chi connectivity index (χ3v) is 4.32. The van der Waals surface area contributed by atoms with Crippen LogP contribution in [0.2, 0.25) is 0 Å². The molecular formula is C16H24FNO. The molecule has 0 aliphatic heterocycles. The Morgan fingerprint density at radius 1 is 1.21 bits per heavy atom. The number of halogens is 1. The molecule has 0 heterocycles. The van der Waals surface area contributed by atoms with E-state index in [0.29, 0.717) is 17.5 Å². The van der Waals surface area contributed by atoms with Gasteiger partial charge in [0.05, 0.1) is 0 Å². The quantitative estimate of drug-likeness (QED) is 0.857. The van der Waals surface area contributed by atoms with Crippen molar-refractivity contribution in [2.24, 2.45) is 5.92 Å². The Balaban J connectivity index is 1.97. The monoisotopic (exact) mass is 265 g/mol. The first-order chi connectivity index (χ1) is 9.08. The summed E-state index contributed by atoms with van der Waals surface area (Å²) in [6.45, 7) is 4.18. The second-order valence-corrected chi connectivity index (χ2v) is 5.78. The third kappa shape index (κ3) is 3.69. The zero-order valence-electron chi connectivity index (χ0n) is 11.8. The van der Waals surface area contributed by atoms with E-state index in [9.17, 15) is 9.50 Å². The topological polar surface area (TPSA) is 32.3 Å². The van der Waals surface area contributed by atoms with Crippen molar-refractivity contribution in [3.63, 3.8) is 0 Å². The lowest BCUT2D eigenvalue weighted by Gasteiger charge is -2.31. The Hall–Kier alpha value is -1.09. The van der Waals surface area contributed by atoms with Gasteiger partial charge in [0, 0.05) is 23.7 Å². The van der Waals surface area contributed by atoms with Crippen LogP contribution in [-0.4, -0.2) is 11.1 Å². The highest BCUT2D eigenvalue weighted by atomic mass is 19.1. The second kappa shape index (κ2) is 6.38. The summed E-state index contributed by atoms with van der Waals surface area (Å²) >= 11 is 0. The first-order valence-electron chi connectivity index (χ1n) is 7.32. The first kappa shape index (κ1) is 14.3. The summed E-state index contributed by atoms with van der Waals surface area (Å²) in [7, 11) is 0. The van der Waals surface area contributed by atoms with Gasteiger partial charge in [0.1, 0.15) is 11.6 Å². The van der Waals surface area contributed by atoms with Crippen molar-refractivity contribution in [1.82, 2.24) is 5.32 Å². The lowest BCUT2D eigenvalue weighted by molar-refractivity contribution is 0.267. The fourth-order valence-corrected chi connectivity index (χ4v) is 3.12. The van der Waals surface area contributed by atoms with Gasteiger partial charge in [-0.25, -0.2) is 4.39 Å². The molecule has 2 nitrogen and oxygen atoms in total. The predicted molar refractivity (Wildman–Crippen MR) is 75.7 cm³/mol. The summed E-state index contributed by atoms with van der Waals surface area (Å²) in [6.07, 6.45) is 6.54. The van der Waals surface area contributed by atoms with E-state index in [4.69, 9.17) is 0 Å². The maximum absolute atomic E-state index is 13.8. The molecule has 1 aliphatic carbocycles. The largest absolute Gasteiger partial charge is 0.508 e. The second-order valence-electron chi connectivity index (χ2n) is 5.78. The number of benzene rings is 1. The van der Waals surface area contributed by atoms with Crippen LogP contribution in [-0.2, 0) is 0 Å². The van der Waals surface area contributed by atoms with Crippen LogP contribution in [0.1, 0.15) is 57.6 Å². The number of nitrogens with one attached hydrogen (secondary N) is 1. The van der Waals surface area contributed by atoms with Gasteiger partial charge in [0.15, 0.2) is 0 Å². The molecule has 1 aliphatic rings. The Morgan fingerprint density at radius 2 is 1.89 bits per heavy atom. The van der Waals surface area contributed by atoms with Crippen LogP contribution in [0, 0.1) is 11.7 Å². The van der Waals surface area contributed by atoms with Crippen LogP contribution in [0.3, 0.4) is 0 Å². The first-order valence-corrected chi connectivity index (χ1v) is 7.32. The van der Waals surface area contributed by atoms with E-state index in [2.05, 4.69) is 12.2 Å². The summed E-state index contributed by atoms with van der Waals surface area (Å²) in [4.78, 5) is 0. The number of rotatable bonds is 4. The molecule has 2 unspecified atom stereocenters. The highest BCUT2D eigenvalue weighted by molar-refractivity contribution is 5.29. The summed E-state index contributed by atoms with van der Waals surface area (Å²) in [5.41, 5.74) is 0.625. The molecule has 1 aromatic carbocycles. The number of hydrogen-bond donors (Lipinski definition) is 2. The summed E-state index contributed by atoms with van der Waals surface area (Å²) in [6, 6.07) is 4.76. The zero-order valence-corrected chi connectivity index (χ0v) is 11.8. The van der Waals surface area contributed by atoms with Gasteiger partial charge in [0.25, 0.3) is 0 Å². The van der Waals surface area contributed by atoms with E-state index in [1.54, 1.807) is 12.1 Å². The van der Waals surface area contributed by atoms with E-state index in [0.717, 1.165) is 0 Å². The van der Waals surface area contributed by atoms with Crippen LogP contribution in [0.5, 0.6) is 5.75 Å². The SMILES string of the molecule is CC(NC(C)C1CCCCC1)c1ccc(O)cc1F. The fraction of sp³-hybridized carbons (Fsp3) is 0.625. The molecule has 19 heavy (non-hydrogen) atoms. The highest BCUT2D eigenvalue weighted by Gasteiger charge is 2.22. The molecule has 0 radical (unpaired) electrons. The summed E-state index contributed by atoms with van der Waals surface area (Å²) in [5, 5.41) is 12.7. The van der Waals surface area contributed by atoms with Gasteiger partial charge in [-0.3, -0.25) is 0 Å². The van der Waals surface area contributed by atoms with Crippen molar-refractivity contribution in [2.45, 2.75) is 58.0 Å². The maximum atomic E-state index is 13.8. The molecule has 3 heteroatoms. The van der Waals surface area contributed by atoms with Gasteiger partial charge in [-0.1, -0.05) is 25.3 Å². The average Bonchev–Trinajstić information content (AvgIpc) is 2.39. The Labute approximate surface area is 115 Å². The molecular weight excluding hydrogens is 241 g/mol. The van der Waals surface area contributed by atoms with Gasteiger partial charge in [0.2, 0.25) is 0 Å². The van der Waals surface area contributed by atoms with Crippen LogP contribution >= 0.6 is 0 Å². The van der Waals surface area contributed by atoms with E-state index >= 15 is 0 Å². The van der Waals surface area contributed by atoms with Crippen molar-refractivity contribution in [3.05, 3.63) is 29.6 Å². The maximum Gasteiger partial charge on any atom is 0.131 e. The number of phenolic OH excluding ortho intramolecular Hbond substituents is 1. The Bertz CT molecular complexity index is 415. The van der Waals surface area contributed by atoms with Gasteiger partial charge in [-0.2, -0.15) is 0 Å². The standard InChI is InChI=1S/C16H24FNO/c1-11(13-6-4-3-5-7-13)18-12(2)15-9-8-14(19)10-16(15)17/h8-13,18-19H,3-7H2,1-2H3. The number of aromatic hydroxyl groups is 1. The molecule has 1 saturated carbocycles. The lowest BCUT2D eigenvalue weighted by Crippen LogP contribution is -2.36. The molecule has 1 aromatic rings. The predicted octanol–water partition coefficient (Wildman–Crippen LogP) is 4.15. The van der Waals surface area contributed by atoms with Crippen LogP contribution in [0.15, 0.2) is 18.2 Å². The van der Waals surface area contributed by atoms with E-state index in [1.165, 1.54) is 38.2 Å². The Morgan fingerprint density at radius 3 is 2.53 bits per heavy atom. The van der Waals surface area contributed by atoms with Gasteiger partial charge in [-0.05, 0) is 38.7 Å². The van der Waals surface area contributed by atoms with E-state index < -0.39 is 0 Å². The van der Waals surface area contributed by atoms with Gasteiger partial charge >= 0.3 is 0 Å². The minimum Gasteiger partial charge on any atom is -0.508 e. The third-order valence-electron chi connectivity index (χ3n) is 4.32. The number of phenols is 1. The van der Waals surface area contributed by atoms with Crippen LogP contribution in [0.25, 0.3) is 0 Å². The van der Waals surface area contributed by atoms with Gasteiger partial charge < -0.3 is 10.4 Å². The number of hydrogen-bond acceptors (Lipinski definition) is 2. The highest BCUT2D eigenvalue weighted by Crippen LogP contribution is 2.28. The molecule has 2 rings (SSSR count). The molecule has 0 spiro atoms. The van der Waals surface area contributed by atoms with E-state index in [-0.39, 0.29) is 17.6 Å². The molecule has 106 valence electrons. The van der Waals surface area contributed by atoms with Crippen LogP contribution < -0.4 is 5.32 Å². The van der Waals surface area contributed by atoms with E-state index in [1.807, 2.05) is 6.92 Å². The van der Waals surface area contributed by atoms with Crippen molar-refractivity contribution < 1.29 is 9.50 Å². The van der Waals surface area contributed by atoms with Gasteiger partial charge in [-0.15, -0.1) is 0 Å². The fourth-order valence-electron chi connectivity index (χ4n) is 3.12. The molecule has 2 N–H and O–H groups in total. The normalized spacial score (nSPS) is 20.2. The zero-order chi connectivity index (χ0) is 13.8. The minimum absolute atomic E-state index is 0.0196. The summed E-state index contributed by atoms with van der Waals surface area (Å²) in [5.74, 6) is 0.348. The Kier molecular flexibility index (Phi) is 4.81. The van der Waals surface area contributed by atoms with Crippen molar-refractivity contribution >= 4 is 0 Å². The summed E-state index contributed by atoms with van der Waals surface area (Å²) < 4.78 is 13.8. The minimum atomic E-state index is -0.337. The van der Waals surface area contributed by atoms with Crippen molar-refractivity contribution in [3.8, 4) is 5.75 Å². The molecule has 1 fully saturated rings. The average molecular weight is 265 g/mol. The lowest BCUT2D eigenvalue weighted by atomic mass is 9.84. The van der Waals surface area contributed by atoms with Crippen LogP contribution in [0.4, 0.5) is 4.39 Å².